The van der Waals surface area contributed by atoms with E-state index in [9.17, 15) is 0 Å². The molecule has 0 bridgehead atoms. The topological polar surface area (TPSA) is 36.3 Å². The molecule has 2 rings (SSSR count). The Bertz CT molecular complexity index is 433. The number of ether oxygens (including phenoxy) is 1. The Balaban J connectivity index is 1.77. The molecule has 0 unspecified atom stereocenters. The first-order valence-electron chi connectivity index (χ1n) is 7.03. The molecule has 1 aliphatic heterocycles. The fourth-order valence-corrected chi connectivity index (χ4v) is 2.57. The molecule has 1 saturated heterocycles. The SMILES string of the molecule is CN(CCC1CCOCC1)Cc1cccc(C#N)c1. The summed E-state index contributed by atoms with van der Waals surface area (Å²) in [7, 11) is 2.15. The van der Waals surface area contributed by atoms with Crippen LogP contribution in [0.15, 0.2) is 24.3 Å². The van der Waals surface area contributed by atoms with E-state index in [2.05, 4.69) is 24.1 Å². The van der Waals surface area contributed by atoms with E-state index in [0.29, 0.717) is 0 Å². The lowest BCUT2D eigenvalue weighted by molar-refractivity contribution is 0.0608. The van der Waals surface area contributed by atoms with Crippen molar-refractivity contribution in [2.75, 3.05) is 26.8 Å². The molecule has 3 nitrogen and oxygen atoms in total. The van der Waals surface area contributed by atoms with Gasteiger partial charge in [0.1, 0.15) is 0 Å². The summed E-state index contributed by atoms with van der Waals surface area (Å²) in [4.78, 5) is 2.34. The summed E-state index contributed by atoms with van der Waals surface area (Å²) in [5, 5.41) is 8.89. The van der Waals surface area contributed by atoms with Crippen molar-refractivity contribution in [3.05, 3.63) is 35.4 Å². The van der Waals surface area contributed by atoms with E-state index in [1.54, 1.807) is 0 Å². The number of rotatable bonds is 5. The second kappa shape index (κ2) is 7.28. The van der Waals surface area contributed by atoms with Gasteiger partial charge in [0, 0.05) is 19.8 Å². The van der Waals surface area contributed by atoms with Crippen LogP contribution in [0.5, 0.6) is 0 Å². The highest BCUT2D eigenvalue weighted by atomic mass is 16.5. The van der Waals surface area contributed by atoms with Crippen molar-refractivity contribution < 1.29 is 4.74 Å². The minimum atomic E-state index is 0.746. The quantitative estimate of drug-likeness (QED) is 0.815. The van der Waals surface area contributed by atoms with Gasteiger partial charge in [-0.25, -0.2) is 0 Å². The molecule has 19 heavy (non-hydrogen) atoms. The summed E-state index contributed by atoms with van der Waals surface area (Å²) < 4.78 is 5.38. The number of nitrogens with zero attached hydrogens (tertiary/aromatic N) is 2. The lowest BCUT2D eigenvalue weighted by Gasteiger charge is -2.24. The van der Waals surface area contributed by atoms with Crippen LogP contribution in [-0.4, -0.2) is 31.7 Å². The first-order chi connectivity index (χ1) is 9.28. The molecular formula is C16H22N2O. The van der Waals surface area contributed by atoms with E-state index in [1.807, 2.05) is 18.2 Å². The molecule has 0 atom stereocenters. The number of hydrogen-bond donors (Lipinski definition) is 0. The normalized spacial score (nSPS) is 16.5. The van der Waals surface area contributed by atoms with Crippen LogP contribution in [0.1, 0.15) is 30.4 Å². The van der Waals surface area contributed by atoms with Crippen LogP contribution in [0, 0.1) is 17.2 Å². The van der Waals surface area contributed by atoms with Crippen LogP contribution >= 0.6 is 0 Å². The highest BCUT2D eigenvalue weighted by Crippen LogP contribution is 2.19. The van der Waals surface area contributed by atoms with Crippen molar-refractivity contribution in [2.45, 2.75) is 25.8 Å². The summed E-state index contributed by atoms with van der Waals surface area (Å²) in [6.07, 6.45) is 3.66. The first-order valence-corrected chi connectivity index (χ1v) is 7.03. The van der Waals surface area contributed by atoms with E-state index in [-0.39, 0.29) is 0 Å². The van der Waals surface area contributed by atoms with Crippen LogP contribution in [0.2, 0.25) is 0 Å². The van der Waals surface area contributed by atoms with E-state index in [1.165, 1.54) is 24.8 Å². The molecule has 1 aliphatic rings. The van der Waals surface area contributed by atoms with Crippen LogP contribution in [0.3, 0.4) is 0 Å². The van der Waals surface area contributed by atoms with E-state index < -0.39 is 0 Å². The number of benzene rings is 1. The van der Waals surface area contributed by atoms with Crippen molar-refractivity contribution in [1.29, 1.82) is 5.26 Å². The Hall–Kier alpha value is -1.37. The minimum absolute atomic E-state index is 0.746. The van der Waals surface area contributed by atoms with Gasteiger partial charge in [0.15, 0.2) is 0 Å². The maximum absolute atomic E-state index is 8.89. The van der Waals surface area contributed by atoms with Crippen molar-refractivity contribution in [3.8, 4) is 6.07 Å². The average Bonchev–Trinajstić information content (AvgIpc) is 2.46. The highest BCUT2D eigenvalue weighted by molar-refractivity contribution is 5.32. The van der Waals surface area contributed by atoms with Gasteiger partial charge in [-0.3, -0.25) is 0 Å². The molecule has 1 aromatic carbocycles. The van der Waals surface area contributed by atoms with Crippen molar-refractivity contribution in [1.82, 2.24) is 4.90 Å². The average molecular weight is 258 g/mol. The highest BCUT2D eigenvalue weighted by Gasteiger charge is 2.14. The van der Waals surface area contributed by atoms with Gasteiger partial charge in [0.25, 0.3) is 0 Å². The zero-order chi connectivity index (χ0) is 13.5. The Morgan fingerprint density at radius 1 is 1.37 bits per heavy atom. The largest absolute Gasteiger partial charge is 0.381 e. The fourth-order valence-electron chi connectivity index (χ4n) is 2.57. The molecule has 0 N–H and O–H groups in total. The molecule has 0 radical (unpaired) electrons. The molecule has 1 aromatic rings. The third-order valence-corrected chi connectivity index (χ3v) is 3.77. The molecule has 0 aromatic heterocycles. The monoisotopic (exact) mass is 258 g/mol. The Kier molecular flexibility index (Phi) is 5.38. The maximum atomic E-state index is 8.89. The second-order valence-electron chi connectivity index (χ2n) is 5.39. The van der Waals surface area contributed by atoms with E-state index in [4.69, 9.17) is 10.00 Å². The Morgan fingerprint density at radius 3 is 2.89 bits per heavy atom. The van der Waals surface area contributed by atoms with Gasteiger partial charge in [0.2, 0.25) is 0 Å². The zero-order valence-corrected chi connectivity index (χ0v) is 11.6. The molecular weight excluding hydrogens is 236 g/mol. The third kappa shape index (κ3) is 4.66. The summed E-state index contributed by atoms with van der Waals surface area (Å²) in [5.74, 6) is 0.821. The van der Waals surface area contributed by atoms with Gasteiger partial charge in [0.05, 0.1) is 11.6 Å². The number of hydrogen-bond acceptors (Lipinski definition) is 3. The molecule has 3 heteroatoms. The van der Waals surface area contributed by atoms with Gasteiger partial charge < -0.3 is 9.64 Å². The molecule has 1 fully saturated rings. The van der Waals surface area contributed by atoms with Gasteiger partial charge in [-0.15, -0.1) is 0 Å². The molecule has 0 aliphatic carbocycles. The predicted molar refractivity (Wildman–Crippen MR) is 75.7 cm³/mol. The van der Waals surface area contributed by atoms with E-state index in [0.717, 1.165) is 37.8 Å². The summed E-state index contributed by atoms with van der Waals surface area (Å²) in [6, 6.07) is 10.1. The summed E-state index contributed by atoms with van der Waals surface area (Å²) in [5.41, 5.74) is 1.96. The molecule has 0 amide bonds. The van der Waals surface area contributed by atoms with E-state index >= 15 is 0 Å². The predicted octanol–water partition coefficient (Wildman–Crippen LogP) is 2.81. The third-order valence-electron chi connectivity index (χ3n) is 3.77. The lowest BCUT2D eigenvalue weighted by Crippen LogP contribution is -2.24. The van der Waals surface area contributed by atoms with Gasteiger partial charge in [-0.05, 0) is 56.5 Å². The van der Waals surface area contributed by atoms with Crippen LogP contribution in [-0.2, 0) is 11.3 Å². The maximum Gasteiger partial charge on any atom is 0.0991 e. The van der Waals surface area contributed by atoms with Crippen LogP contribution < -0.4 is 0 Å². The van der Waals surface area contributed by atoms with Gasteiger partial charge in [-0.2, -0.15) is 5.26 Å². The number of nitriles is 1. The lowest BCUT2D eigenvalue weighted by atomic mass is 9.96. The molecule has 1 heterocycles. The molecule has 0 saturated carbocycles. The van der Waals surface area contributed by atoms with Gasteiger partial charge in [-0.1, -0.05) is 12.1 Å². The van der Waals surface area contributed by atoms with Crippen LogP contribution in [0.4, 0.5) is 0 Å². The van der Waals surface area contributed by atoms with Crippen molar-refractivity contribution in [2.24, 2.45) is 5.92 Å². The van der Waals surface area contributed by atoms with Crippen LogP contribution in [0.25, 0.3) is 0 Å². The minimum Gasteiger partial charge on any atom is -0.381 e. The van der Waals surface area contributed by atoms with Crippen molar-refractivity contribution in [3.63, 3.8) is 0 Å². The summed E-state index contributed by atoms with van der Waals surface area (Å²) in [6.45, 7) is 3.89. The first kappa shape index (κ1) is 14.0. The van der Waals surface area contributed by atoms with Gasteiger partial charge >= 0.3 is 0 Å². The molecule has 102 valence electrons. The molecule has 0 spiro atoms. The van der Waals surface area contributed by atoms with Crippen molar-refractivity contribution >= 4 is 0 Å². The summed E-state index contributed by atoms with van der Waals surface area (Å²) >= 11 is 0. The fraction of sp³-hybridized carbons (Fsp3) is 0.562. The Morgan fingerprint density at radius 2 is 2.16 bits per heavy atom. The Labute approximate surface area is 115 Å². The second-order valence-corrected chi connectivity index (χ2v) is 5.39. The standard InChI is InChI=1S/C16H22N2O/c1-18(8-5-14-6-9-19-10-7-14)13-16-4-2-3-15(11-16)12-17/h2-4,11,14H,5-10,13H2,1H3. The smallest absolute Gasteiger partial charge is 0.0991 e. The zero-order valence-electron chi connectivity index (χ0n) is 11.6.